The summed E-state index contributed by atoms with van der Waals surface area (Å²) < 4.78 is 32.5. The molecule has 9 heteroatoms. The molecule has 3 unspecified atom stereocenters. The number of allylic oxidation sites excluding steroid dienone is 2. The van der Waals surface area contributed by atoms with Gasteiger partial charge in [0.1, 0.15) is 6.10 Å². The van der Waals surface area contributed by atoms with Gasteiger partial charge in [-0.15, -0.1) is 0 Å². The van der Waals surface area contributed by atoms with Crippen LogP contribution in [0.25, 0.3) is 0 Å². The topological polar surface area (TPSA) is 108 Å². The van der Waals surface area contributed by atoms with E-state index in [9.17, 15) is 19.0 Å². The van der Waals surface area contributed by atoms with Crippen molar-refractivity contribution in [1.82, 2.24) is 0 Å². The number of ether oxygens (including phenoxy) is 2. The average molecular weight is 703 g/mol. The summed E-state index contributed by atoms with van der Waals surface area (Å²) in [5, 5.41) is 0. The monoisotopic (exact) mass is 703 g/mol. The van der Waals surface area contributed by atoms with Crippen molar-refractivity contribution in [2.45, 2.75) is 213 Å². The average Bonchev–Trinajstić information content (AvgIpc) is 3.05. The van der Waals surface area contributed by atoms with Crippen LogP contribution in [0, 0.1) is 0 Å². The van der Waals surface area contributed by atoms with E-state index >= 15 is 0 Å². The maximum Gasteiger partial charge on any atom is 0.472 e. The van der Waals surface area contributed by atoms with E-state index in [4.69, 9.17) is 18.5 Å². The zero-order chi connectivity index (χ0) is 35.6. The van der Waals surface area contributed by atoms with Gasteiger partial charge in [-0.25, -0.2) is 9.36 Å². The summed E-state index contributed by atoms with van der Waals surface area (Å²) >= 11 is 0. The van der Waals surface area contributed by atoms with Crippen LogP contribution in [-0.4, -0.2) is 42.3 Å². The highest BCUT2D eigenvalue weighted by molar-refractivity contribution is 7.47. The summed E-state index contributed by atoms with van der Waals surface area (Å²) in [7, 11) is -4.20. The predicted octanol–water partition coefficient (Wildman–Crippen LogP) is 12.1. The van der Waals surface area contributed by atoms with Crippen LogP contribution in [0.15, 0.2) is 12.2 Å². The smallest absolute Gasteiger partial charge is 0.457 e. The van der Waals surface area contributed by atoms with Gasteiger partial charge >= 0.3 is 19.8 Å². The molecule has 0 saturated heterocycles. The van der Waals surface area contributed by atoms with E-state index in [-0.39, 0.29) is 25.6 Å². The van der Waals surface area contributed by atoms with Crippen LogP contribution in [-0.2, 0) is 32.7 Å². The second-order valence-electron chi connectivity index (χ2n) is 13.4. The lowest BCUT2D eigenvalue weighted by molar-refractivity contribution is -0.172. The van der Waals surface area contributed by atoms with E-state index in [0.29, 0.717) is 6.42 Å². The molecule has 3 atom stereocenters. The minimum absolute atomic E-state index is 0.0225. The Morgan fingerprint density at radius 1 is 0.604 bits per heavy atom. The molecular formula is C39H75O8P. The molecule has 0 fully saturated rings. The Labute approximate surface area is 295 Å². The third-order valence-electron chi connectivity index (χ3n) is 8.58. The standard InChI is InChI=1S/C39H75O8P/c1-5-8-10-12-14-16-18-20-22-23-25-27-29-31-33-37(39(41)46-36(4)35-45-48(42,43)44-7-3)47-38(40)34-32-30-28-26-24-21-19-17-15-13-11-9-6-2/h20,22,36-37H,5-19,21,23-35H2,1-4H3,(H,42,43). The van der Waals surface area contributed by atoms with Crippen LogP contribution in [0.1, 0.15) is 201 Å². The van der Waals surface area contributed by atoms with E-state index in [1.807, 2.05) is 0 Å². The zero-order valence-electron chi connectivity index (χ0n) is 31.6. The Kier molecular flexibility index (Phi) is 33.4. The maximum atomic E-state index is 13.0. The Balaban J connectivity index is 4.43. The fourth-order valence-electron chi connectivity index (χ4n) is 5.66. The molecule has 0 aromatic rings. The number of carbonyl (C=O) groups excluding carboxylic acids is 2. The molecule has 48 heavy (non-hydrogen) atoms. The first-order valence-electron chi connectivity index (χ1n) is 19.9. The van der Waals surface area contributed by atoms with Gasteiger partial charge in [-0.3, -0.25) is 13.8 Å². The summed E-state index contributed by atoms with van der Waals surface area (Å²) in [5.74, 6) is -1.03. The van der Waals surface area contributed by atoms with Crippen molar-refractivity contribution in [3.63, 3.8) is 0 Å². The normalized spacial score (nSPS) is 14.2. The Morgan fingerprint density at radius 3 is 1.52 bits per heavy atom. The van der Waals surface area contributed by atoms with Gasteiger partial charge in [-0.1, -0.05) is 148 Å². The quantitative estimate of drug-likeness (QED) is 0.0297. The number of unbranched alkanes of at least 4 members (excludes halogenated alkanes) is 22. The van der Waals surface area contributed by atoms with Gasteiger partial charge in [0, 0.05) is 6.42 Å². The van der Waals surface area contributed by atoms with E-state index in [1.54, 1.807) is 13.8 Å². The molecule has 0 aliphatic heterocycles. The minimum atomic E-state index is -4.20. The Bertz CT molecular complexity index is 818. The van der Waals surface area contributed by atoms with Crippen LogP contribution in [0.3, 0.4) is 0 Å². The minimum Gasteiger partial charge on any atom is -0.457 e. The molecule has 8 nitrogen and oxygen atoms in total. The van der Waals surface area contributed by atoms with E-state index in [2.05, 4.69) is 26.0 Å². The lowest BCUT2D eigenvalue weighted by atomic mass is 10.0. The van der Waals surface area contributed by atoms with Gasteiger partial charge in [0.25, 0.3) is 0 Å². The first-order chi connectivity index (χ1) is 23.3. The van der Waals surface area contributed by atoms with E-state index in [1.165, 1.54) is 103 Å². The molecule has 284 valence electrons. The van der Waals surface area contributed by atoms with Crippen LogP contribution in [0.2, 0.25) is 0 Å². The van der Waals surface area contributed by atoms with Crippen molar-refractivity contribution >= 4 is 19.8 Å². The van der Waals surface area contributed by atoms with Gasteiger partial charge in [-0.05, 0) is 58.8 Å². The maximum absolute atomic E-state index is 13.0. The van der Waals surface area contributed by atoms with Crippen LogP contribution in [0.5, 0.6) is 0 Å². The number of esters is 2. The predicted molar refractivity (Wildman–Crippen MR) is 198 cm³/mol. The fraction of sp³-hybridized carbons (Fsp3) is 0.897. The van der Waals surface area contributed by atoms with Crippen molar-refractivity contribution in [2.24, 2.45) is 0 Å². The third kappa shape index (κ3) is 32.0. The molecule has 0 aliphatic rings. The number of carbonyl (C=O) groups is 2. The lowest BCUT2D eigenvalue weighted by Gasteiger charge is -2.20. The summed E-state index contributed by atoms with van der Waals surface area (Å²) in [6, 6.07) is 0. The summed E-state index contributed by atoms with van der Waals surface area (Å²) in [6.07, 6.45) is 33.4. The van der Waals surface area contributed by atoms with Gasteiger partial charge in [0.05, 0.1) is 13.2 Å². The Morgan fingerprint density at radius 2 is 1.04 bits per heavy atom. The molecule has 0 heterocycles. The second-order valence-corrected chi connectivity index (χ2v) is 14.9. The molecule has 0 aromatic carbocycles. The Hall–Kier alpha value is -1.21. The molecule has 0 spiro atoms. The van der Waals surface area contributed by atoms with Crippen molar-refractivity contribution < 1.29 is 37.6 Å². The molecule has 0 aromatic heterocycles. The molecule has 0 bridgehead atoms. The number of hydrogen-bond acceptors (Lipinski definition) is 7. The molecule has 1 N–H and O–H groups in total. The lowest BCUT2D eigenvalue weighted by Crippen LogP contribution is -2.33. The summed E-state index contributed by atoms with van der Waals surface area (Å²) in [6.45, 7) is 7.37. The van der Waals surface area contributed by atoms with Gasteiger partial charge in [0.2, 0.25) is 0 Å². The highest BCUT2D eigenvalue weighted by Crippen LogP contribution is 2.43. The number of rotatable bonds is 36. The SMILES string of the molecule is CCCCCCCCC=CCCCCCCC(OC(=O)CCCCCCCCCCCCCCC)C(=O)OC(C)COP(=O)(O)OCC. The first kappa shape index (κ1) is 46.8. The molecule has 0 rings (SSSR count). The first-order valence-corrected chi connectivity index (χ1v) is 21.4. The summed E-state index contributed by atoms with van der Waals surface area (Å²) in [4.78, 5) is 35.3. The fourth-order valence-corrected chi connectivity index (χ4v) is 6.46. The highest BCUT2D eigenvalue weighted by atomic mass is 31.2. The summed E-state index contributed by atoms with van der Waals surface area (Å²) in [5.41, 5.74) is 0. The van der Waals surface area contributed by atoms with Crippen LogP contribution in [0.4, 0.5) is 0 Å². The van der Waals surface area contributed by atoms with E-state index < -0.39 is 26.0 Å². The van der Waals surface area contributed by atoms with Crippen molar-refractivity contribution in [2.75, 3.05) is 13.2 Å². The molecule has 0 amide bonds. The number of hydrogen-bond donors (Lipinski definition) is 1. The van der Waals surface area contributed by atoms with Crippen molar-refractivity contribution in [1.29, 1.82) is 0 Å². The highest BCUT2D eigenvalue weighted by Gasteiger charge is 2.27. The van der Waals surface area contributed by atoms with Crippen molar-refractivity contribution in [3.8, 4) is 0 Å². The van der Waals surface area contributed by atoms with Gasteiger partial charge in [0.15, 0.2) is 6.10 Å². The number of phosphoric ester groups is 1. The van der Waals surface area contributed by atoms with Crippen LogP contribution >= 0.6 is 7.82 Å². The third-order valence-corrected chi connectivity index (χ3v) is 9.64. The molecule has 0 saturated carbocycles. The number of phosphoric acid groups is 1. The second kappa shape index (κ2) is 34.2. The largest absolute Gasteiger partial charge is 0.472 e. The zero-order valence-corrected chi connectivity index (χ0v) is 32.5. The van der Waals surface area contributed by atoms with Crippen molar-refractivity contribution in [3.05, 3.63) is 12.2 Å². The van der Waals surface area contributed by atoms with Gasteiger partial charge < -0.3 is 14.4 Å². The van der Waals surface area contributed by atoms with Gasteiger partial charge in [-0.2, -0.15) is 0 Å². The molecule has 0 aliphatic carbocycles. The van der Waals surface area contributed by atoms with E-state index in [0.717, 1.165) is 57.8 Å². The molecule has 0 radical (unpaired) electrons. The molecular weight excluding hydrogens is 627 g/mol. The van der Waals surface area contributed by atoms with Crippen LogP contribution < -0.4 is 0 Å².